The van der Waals surface area contributed by atoms with Gasteiger partial charge < -0.3 is 4.42 Å². The van der Waals surface area contributed by atoms with E-state index in [2.05, 4.69) is 176 Å². The van der Waals surface area contributed by atoms with Gasteiger partial charge in [-0.15, -0.1) is 0 Å². The highest BCUT2D eigenvalue weighted by molar-refractivity contribution is 6.12. The average Bonchev–Trinajstić information content (AvgIpc) is 3.63. The van der Waals surface area contributed by atoms with Crippen molar-refractivity contribution in [1.29, 1.82) is 0 Å². The topological polar surface area (TPSA) is 38.9 Å². The van der Waals surface area contributed by atoms with Crippen molar-refractivity contribution >= 4 is 32.7 Å². The molecule has 0 fully saturated rings. The van der Waals surface area contributed by atoms with Crippen LogP contribution in [0.2, 0.25) is 0 Å². The van der Waals surface area contributed by atoms with Gasteiger partial charge in [0.2, 0.25) is 0 Å². The number of rotatable bonds is 6. The molecule has 0 saturated carbocycles. The van der Waals surface area contributed by atoms with Gasteiger partial charge in [0.05, 0.1) is 11.4 Å². The Labute approximate surface area is 307 Å². The van der Waals surface area contributed by atoms with Gasteiger partial charge in [0.15, 0.2) is 5.82 Å². The maximum Gasteiger partial charge on any atom is 0.160 e. The standard InChI is InChI=1S/C50H32N2O/c1-3-12-33(13-4-1)36-22-25-37(26-23-36)45-32-46(52-50(51-45)39-27-24-35-16-7-8-17-38(35)28-39)42-30-40(34-14-5-2-6-15-34)29-41(31-42)43-19-11-21-48-49(43)44-18-9-10-20-47(44)53-48/h1-32H. The van der Waals surface area contributed by atoms with E-state index in [-0.39, 0.29) is 0 Å². The lowest BCUT2D eigenvalue weighted by Crippen LogP contribution is -1.97. The first-order valence-corrected chi connectivity index (χ1v) is 17.9. The van der Waals surface area contributed by atoms with Gasteiger partial charge in [0.1, 0.15) is 11.2 Å². The van der Waals surface area contributed by atoms with Crippen LogP contribution >= 0.6 is 0 Å². The zero-order chi connectivity index (χ0) is 35.1. The Hall–Kier alpha value is -7.10. The summed E-state index contributed by atoms with van der Waals surface area (Å²) in [6.45, 7) is 0. The zero-order valence-corrected chi connectivity index (χ0v) is 28.8. The fourth-order valence-corrected chi connectivity index (χ4v) is 7.41. The molecule has 248 valence electrons. The van der Waals surface area contributed by atoms with Crippen LogP contribution in [0, 0.1) is 0 Å². The number of hydrogen-bond donors (Lipinski definition) is 0. The molecule has 10 rings (SSSR count). The molecule has 0 saturated heterocycles. The number of fused-ring (bicyclic) bond motifs is 4. The Balaban J connectivity index is 1.19. The van der Waals surface area contributed by atoms with E-state index in [0.29, 0.717) is 5.82 Å². The van der Waals surface area contributed by atoms with Gasteiger partial charge in [-0.25, -0.2) is 9.97 Å². The highest BCUT2D eigenvalue weighted by Crippen LogP contribution is 2.40. The summed E-state index contributed by atoms with van der Waals surface area (Å²) in [4.78, 5) is 10.5. The third-order valence-electron chi connectivity index (χ3n) is 10.1. The summed E-state index contributed by atoms with van der Waals surface area (Å²) in [5, 5.41) is 4.55. The minimum absolute atomic E-state index is 0.685. The van der Waals surface area contributed by atoms with Crippen LogP contribution in [0.15, 0.2) is 199 Å². The van der Waals surface area contributed by atoms with Crippen molar-refractivity contribution in [3.8, 4) is 67.3 Å². The van der Waals surface area contributed by atoms with E-state index < -0.39 is 0 Å². The Morgan fingerprint density at radius 2 is 0.887 bits per heavy atom. The summed E-state index contributed by atoms with van der Waals surface area (Å²) in [6, 6.07) is 68.1. The van der Waals surface area contributed by atoms with Crippen LogP contribution < -0.4 is 0 Å². The van der Waals surface area contributed by atoms with Crippen molar-refractivity contribution in [3.63, 3.8) is 0 Å². The molecular formula is C50H32N2O. The summed E-state index contributed by atoms with van der Waals surface area (Å²) in [7, 11) is 0. The van der Waals surface area contributed by atoms with Crippen LogP contribution in [-0.2, 0) is 0 Å². The molecule has 0 aliphatic heterocycles. The fourth-order valence-electron chi connectivity index (χ4n) is 7.41. The maximum atomic E-state index is 6.32. The van der Waals surface area contributed by atoms with Gasteiger partial charge in [0.25, 0.3) is 0 Å². The molecule has 2 heterocycles. The molecule has 53 heavy (non-hydrogen) atoms. The summed E-state index contributed by atoms with van der Waals surface area (Å²) >= 11 is 0. The Morgan fingerprint density at radius 1 is 0.321 bits per heavy atom. The predicted molar refractivity (Wildman–Crippen MR) is 219 cm³/mol. The smallest absolute Gasteiger partial charge is 0.160 e. The largest absolute Gasteiger partial charge is 0.456 e. The molecule has 10 aromatic rings. The number of furan rings is 1. The lowest BCUT2D eigenvalue weighted by Gasteiger charge is -2.14. The summed E-state index contributed by atoms with van der Waals surface area (Å²) in [5.41, 5.74) is 13.3. The van der Waals surface area contributed by atoms with Crippen LogP contribution in [0.25, 0.3) is 100.0 Å². The molecule has 0 spiro atoms. The fraction of sp³-hybridized carbons (Fsp3) is 0. The van der Waals surface area contributed by atoms with Crippen molar-refractivity contribution in [3.05, 3.63) is 194 Å². The normalized spacial score (nSPS) is 11.4. The minimum atomic E-state index is 0.685. The molecule has 0 unspecified atom stereocenters. The number of hydrogen-bond acceptors (Lipinski definition) is 3. The van der Waals surface area contributed by atoms with Crippen LogP contribution in [0.4, 0.5) is 0 Å². The summed E-state index contributed by atoms with van der Waals surface area (Å²) < 4.78 is 6.32. The molecule has 0 amide bonds. The highest BCUT2D eigenvalue weighted by Gasteiger charge is 2.17. The maximum absolute atomic E-state index is 6.32. The minimum Gasteiger partial charge on any atom is -0.456 e. The van der Waals surface area contributed by atoms with Crippen LogP contribution in [0.1, 0.15) is 0 Å². The van der Waals surface area contributed by atoms with E-state index in [1.807, 2.05) is 18.2 Å². The van der Waals surface area contributed by atoms with Gasteiger partial charge in [-0.1, -0.05) is 152 Å². The first-order chi connectivity index (χ1) is 26.2. The first-order valence-electron chi connectivity index (χ1n) is 17.9. The molecule has 0 radical (unpaired) electrons. The third-order valence-corrected chi connectivity index (χ3v) is 10.1. The third kappa shape index (κ3) is 5.75. The van der Waals surface area contributed by atoms with E-state index in [0.717, 1.165) is 77.7 Å². The van der Waals surface area contributed by atoms with Crippen molar-refractivity contribution < 1.29 is 4.42 Å². The summed E-state index contributed by atoms with van der Waals surface area (Å²) in [5.74, 6) is 0.685. The number of para-hydroxylation sites is 1. The molecule has 2 aromatic heterocycles. The van der Waals surface area contributed by atoms with Gasteiger partial charge in [-0.3, -0.25) is 0 Å². The summed E-state index contributed by atoms with van der Waals surface area (Å²) in [6.07, 6.45) is 0. The Kier molecular flexibility index (Phi) is 7.47. The van der Waals surface area contributed by atoms with Gasteiger partial charge in [-0.2, -0.15) is 0 Å². The number of benzene rings is 8. The van der Waals surface area contributed by atoms with Crippen LogP contribution in [-0.4, -0.2) is 9.97 Å². The number of aromatic nitrogens is 2. The zero-order valence-electron chi connectivity index (χ0n) is 28.8. The molecule has 8 aromatic carbocycles. The van der Waals surface area contributed by atoms with Crippen molar-refractivity contribution in [1.82, 2.24) is 9.97 Å². The van der Waals surface area contributed by atoms with Crippen LogP contribution in [0.3, 0.4) is 0 Å². The van der Waals surface area contributed by atoms with Crippen molar-refractivity contribution in [2.24, 2.45) is 0 Å². The quantitative estimate of drug-likeness (QED) is 0.176. The van der Waals surface area contributed by atoms with E-state index >= 15 is 0 Å². The average molecular weight is 677 g/mol. The monoisotopic (exact) mass is 676 g/mol. The first kappa shape index (κ1) is 30.7. The van der Waals surface area contributed by atoms with E-state index in [1.54, 1.807) is 0 Å². The Morgan fingerprint density at radius 3 is 1.68 bits per heavy atom. The molecule has 3 heteroatoms. The predicted octanol–water partition coefficient (Wildman–Crippen LogP) is 13.5. The van der Waals surface area contributed by atoms with Gasteiger partial charge in [-0.05, 0) is 86.6 Å². The lowest BCUT2D eigenvalue weighted by atomic mass is 9.92. The van der Waals surface area contributed by atoms with Crippen LogP contribution in [0.5, 0.6) is 0 Å². The van der Waals surface area contributed by atoms with Gasteiger partial charge in [0, 0.05) is 27.5 Å². The molecular weight excluding hydrogens is 645 g/mol. The van der Waals surface area contributed by atoms with Crippen molar-refractivity contribution in [2.45, 2.75) is 0 Å². The highest BCUT2D eigenvalue weighted by atomic mass is 16.3. The molecule has 0 aliphatic rings. The Bertz CT molecular complexity index is 2930. The SMILES string of the molecule is c1ccc(-c2ccc(-c3cc(-c4cc(-c5ccccc5)cc(-c5cccc6oc7ccccc7c56)c4)nc(-c4ccc5ccccc5c4)n3)cc2)cc1. The second kappa shape index (κ2) is 12.9. The second-order valence-corrected chi connectivity index (χ2v) is 13.4. The molecule has 0 N–H and O–H groups in total. The molecule has 0 atom stereocenters. The number of nitrogens with zero attached hydrogens (tertiary/aromatic N) is 2. The molecule has 0 aliphatic carbocycles. The molecule has 3 nitrogen and oxygen atoms in total. The van der Waals surface area contributed by atoms with E-state index in [4.69, 9.17) is 14.4 Å². The van der Waals surface area contributed by atoms with E-state index in [9.17, 15) is 0 Å². The van der Waals surface area contributed by atoms with E-state index in [1.165, 1.54) is 16.5 Å². The molecule has 0 bridgehead atoms. The van der Waals surface area contributed by atoms with Gasteiger partial charge >= 0.3 is 0 Å². The van der Waals surface area contributed by atoms with Crippen molar-refractivity contribution in [2.75, 3.05) is 0 Å². The second-order valence-electron chi connectivity index (χ2n) is 13.4. The lowest BCUT2D eigenvalue weighted by molar-refractivity contribution is 0.669.